The standard InChI is InChI=1S/C26H20NO.C15H18GeN.Ir/c1-17(2)19-14-15-27-24(16-19)23-13-7-12-22-21-11-6-10-20(25(21)28-26(22)23)18-8-4-3-5-9-18;1-12-10-15(13-8-6-5-7-9-13)17-11-14(12)16(2,3)4;/h3-12,14-17H,1-2H3;5-8,10-11H,1-4H3;/q2*-1;. The van der Waals surface area contributed by atoms with Gasteiger partial charge in [0.15, 0.2) is 0 Å². The van der Waals surface area contributed by atoms with Crippen LogP contribution in [0, 0.1) is 19.1 Å². The number of hydrogen-bond acceptors (Lipinski definition) is 3. The molecule has 0 bridgehead atoms. The third-order valence-electron chi connectivity index (χ3n) is 8.15. The van der Waals surface area contributed by atoms with Gasteiger partial charge >= 0.3 is 106 Å². The second-order valence-corrected chi connectivity index (χ2v) is 23.4. The second kappa shape index (κ2) is 14.3. The Labute approximate surface area is 288 Å². The van der Waals surface area contributed by atoms with Crippen LogP contribution in [-0.4, -0.2) is 23.2 Å². The van der Waals surface area contributed by atoms with E-state index in [2.05, 4.69) is 139 Å². The Morgan fingerprint density at radius 2 is 1.48 bits per heavy atom. The van der Waals surface area contributed by atoms with Gasteiger partial charge in [0.1, 0.15) is 5.58 Å². The molecule has 3 nitrogen and oxygen atoms in total. The van der Waals surface area contributed by atoms with E-state index in [0.29, 0.717) is 5.92 Å². The van der Waals surface area contributed by atoms with Crippen molar-refractivity contribution in [3.8, 4) is 33.6 Å². The Bertz CT molecular complexity index is 2080. The number of nitrogens with zero attached hydrogens (tertiary/aromatic N) is 2. The zero-order valence-corrected chi connectivity index (χ0v) is 31.7. The van der Waals surface area contributed by atoms with Crippen molar-refractivity contribution in [2.24, 2.45) is 0 Å². The van der Waals surface area contributed by atoms with E-state index in [4.69, 9.17) is 4.42 Å². The molecule has 7 aromatic rings. The van der Waals surface area contributed by atoms with Crippen LogP contribution in [-0.2, 0) is 20.1 Å². The molecule has 46 heavy (non-hydrogen) atoms. The molecule has 3 aromatic heterocycles. The third kappa shape index (κ3) is 7.10. The molecule has 7 rings (SSSR count). The zero-order chi connectivity index (χ0) is 31.6. The molecule has 233 valence electrons. The first-order chi connectivity index (χ1) is 21.7. The van der Waals surface area contributed by atoms with Gasteiger partial charge in [-0.2, -0.15) is 0 Å². The number of fused-ring (bicyclic) bond motifs is 3. The molecule has 0 spiro atoms. The van der Waals surface area contributed by atoms with E-state index in [1.54, 1.807) is 0 Å². The largest absolute Gasteiger partial charge is 0 e. The summed E-state index contributed by atoms with van der Waals surface area (Å²) in [5.41, 5.74) is 10.5. The molecule has 0 aliphatic rings. The Morgan fingerprint density at radius 3 is 2.17 bits per heavy atom. The molecule has 0 amide bonds. The molecular formula is C41H38GeIrN2O-2. The molecule has 0 aliphatic heterocycles. The van der Waals surface area contributed by atoms with Gasteiger partial charge in [-0.25, -0.2) is 0 Å². The number of furan rings is 1. The molecule has 0 aliphatic carbocycles. The normalized spacial score (nSPS) is 11.3. The van der Waals surface area contributed by atoms with Crippen LogP contribution in [0.2, 0.25) is 17.3 Å². The van der Waals surface area contributed by atoms with Crippen LogP contribution >= 0.6 is 0 Å². The van der Waals surface area contributed by atoms with Gasteiger partial charge in [0.05, 0.1) is 5.58 Å². The minimum absolute atomic E-state index is 0. The summed E-state index contributed by atoms with van der Waals surface area (Å²) in [4.78, 5) is 9.19. The predicted molar refractivity (Wildman–Crippen MR) is 192 cm³/mol. The summed E-state index contributed by atoms with van der Waals surface area (Å²) in [5.74, 6) is 7.65. The Hall–Kier alpha value is -3.83. The predicted octanol–water partition coefficient (Wildman–Crippen LogP) is 10.6. The van der Waals surface area contributed by atoms with Gasteiger partial charge in [-0.05, 0) is 23.2 Å². The maximum absolute atomic E-state index is 6.45. The minimum Gasteiger partial charge on any atom is 0 e. The van der Waals surface area contributed by atoms with Crippen molar-refractivity contribution >= 4 is 39.6 Å². The van der Waals surface area contributed by atoms with Crippen molar-refractivity contribution in [2.45, 2.75) is 44.0 Å². The van der Waals surface area contributed by atoms with Crippen LogP contribution in [0.3, 0.4) is 0 Å². The number of aromatic nitrogens is 2. The summed E-state index contributed by atoms with van der Waals surface area (Å²) in [6.45, 7) is 6.58. The van der Waals surface area contributed by atoms with Crippen LogP contribution in [0.15, 0.2) is 120 Å². The molecule has 1 radical (unpaired) electrons. The number of hydrogen-bond donors (Lipinski definition) is 0. The molecule has 0 saturated carbocycles. The fraction of sp³-hybridized carbons (Fsp3) is 0.171. The Kier molecular flexibility index (Phi) is 10.4. The van der Waals surface area contributed by atoms with Crippen LogP contribution < -0.4 is 4.40 Å². The van der Waals surface area contributed by atoms with Crippen molar-refractivity contribution < 1.29 is 24.5 Å². The molecule has 4 aromatic carbocycles. The summed E-state index contributed by atoms with van der Waals surface area (Å²) < 4.78 is 7.94. The summed E-state index contributed by atoms with van der Waals surface area (Å²) >= 11 is -1.77. The van der Waals surface area contributed by atoms with Crippen molar-refractivity contribution in [3.63, 3.8) is 0 Å². The number of benzene rings is 4. The first kappa shape index (κ1) is 33.5. The van der Waals surface area contributed by atoms with Gasteiger partial charge in [0, 0.05) is 37.3 Å². The topological polar surface area (TPSA) is 38.9 Å². The minimum atomic E-state index is -1.77. The molecule has 0 atom stereocenters. The van der Waals surface area contributed by atoms with Crippen molar-refractivity contribution in [3.05, 3.63) is 139 Å². The van der Waals surface area contributed by atoms with Crippen LogP contribution in [0.5, 0.6) is 0 Å². The average molecular weight is 840 g/mol. The maximum Gasteiger partial charge on any atom is 0 e. The van der Waals surface area contributed by atoms with E-state index in [0.717, 1.165) is 55.6 Å². The van der Waals surface area contributed by atoms with Gasteiger partial charge in [-0.3, -0.25) is 0 Å². The Morgan fingerprint density at radius 1 is 0.717 bits per heavy atom. The SMILES string of the molecule is CC(C)c1ccnc(-c2[c-]ccc3c2oc2c(-c4ccccc4)cccc23)c1.Cc1cc(-c2[c-]cccc2)nc[c]1[Ge]([CH3])([CH3])[CH3].[Ir]. The van der Waals surface area contributed by atoms with E-state index in [9.17, 15) is 0 Å². The van der Waals surface area contributed by atoms with Gasteiger partial charge in [0.25, 0.3) is 0 Å². The van der Waals surface area contributed by atoms with Crippen molar-refractivity contribution in [2.75, 3.05) is 0 Å². The smallest absolute Gasteiger partial charge is 0 e. The van der Waals surface area contributed by atoms with E-state index in [-0.39, 0.29) is 20.1 Å². The zero-order valence-electron chi connectivity index (χ0n) is 27.2. The van der Waals surface area contributed by atoms with E-state index < -0.39 is 13.3 Å². The van der Waals surface area contributed by atoms with Gasteiger partial charge in [0.2, 0.25) is 0 Å². The van der Waals surface area contributed by atoms with E-state index >= 15 is 0 Å². The van der Waals surface area contributed by atoms with Crippen LogP contribution in [0.25, 0.3) is 55.6 Å². The summed E-state index contributed by atoms with van der Waals surface area (Å²) in [6.07, 6.45) is 3.95. The monoisotopic (exact) mass is 841 g/mol. The van der Waals surface area contributed by atoms with Crippen molar-refractivity contribution in [1.29, 1.82) is 0 Å². The Balaban J connectivity index is 0.000000200. The van der Waals surface area contributed by atoms with Gasteiger partial charge < -0.3 is 9.40 Å². The van der Waals surface area contributed by atoms with Crippen LogP contribution in [0.4, 0.5) is 0 Å². The molecule has 0 N–H and O–H groups in total. The summed E-state index contributed by atoms with van der Waals surface area (Å²) in [5, 5.41) is 2.21. The second-order valence-electron chi connectivity index (χ2n) is 12.8. The number of rotatable bonds is 5. The van der Waals surface area contributed by atoms with Crippen molar-refractivity contribution in [1.82, 2.24) is 9.97 Å². The van der Waals surface area contributed by atoms with E-state index in [1.807, 2.05) is 36.5 Å². The fourth-order valence-electron chi connectivity index (χ4n) is 5.78. The number of aryl methyl sites for hydroxylation is 1. The fourth-order valence-corrected chi connectivity index (χ4v) is 9.36. The quantitative estimate of drug-likeness (QED) is 0.128. The molecule has 0 unspecified atom stereocenters. The average Bonchev–Trinajstić information content (AvgIpc) is 3.44. The van der Waals surface area contributed by atoms with Gasteiger partial charge in [-0.1, -0.05) is 85.0 Å². The maximum atomic E-state index is 6.45. The number of pyridine rings is 2. The third-order valence-corrected chi connectivity index (χ3v) is 12.6. The van der Waals surface area contributed by atoms with Crippen LogP contribution in [0.1, 0.15) is 30.9 Å². The summed E-state index contributed by atoms with van der Waals surface area (Å²) in [7, 11) is 0. The molecule has 5 heteroatoms. The molecule has 3 heterocycles. The molecule has 0 saturated heterocycles. The first-order valence-corrected chi connectivity index (χ1v) is 22.9. The summed E-state index contributed by atoms with van der Waals surface area (Å²) in [6, 6.07) is 41.7. The first-order valence-electron chi connectivity index (χ1n) is 15.5. The number of para-hydroxylation sites is 1. The molecule has 0 fully saturated rings. The van der Waals surface area contributed by atoms with Gasteiger partial charge in [-0.15, -0.1) is 18.2 Å². The molecular weight excluding hydrogens is 801 g/mol. The van der Waals surface area contributed by atoms with E-state index in [1.165, 1.54) is 15.5 Å².